The monoisotopic (exact) mass is 237 g/mol. The zero-order valence-electron chi connectivity index (χ0n) is 10.1. The molecule has 0 spiro atoms. The Hall–Kier alpha value is -2.16. The summed E-state index contributed by atoms with van der Waals surface area (Å²) in [5.41, 5.74) is 2.27. The molecule has 1 aliphatic carbocycles. The third-order valence-corrected chi connectivity index (χ3v) is 3.01. The standard InChI is InChI=1S/C15H15N3/c1-3-7-12(8-4-1)14-16-11-17-15(18-14)13-9-5-2-6-10-13/h1,3-5,7-10H,2,6,11H2,(H,16,17,18). The Balaban J connectivity index is 1.80. The average Bonchev–Trinajstić information content (AvgIpc) is 2.49. The fourth-order valence-electron chi connectivity index (χ4n) is 2.08. The third-order valence-electron chi connectivity index (χ3n) is 3.01. The minimum atomic E-state index is 0.498. The summed E-state index contributed by atoms with van der Waals surface area (Å²) in [5.74, 6) is 1.83. The molecule has 0 atom stereocenters. The van der Waals surface area contributed by atoms with Gasteiger partial charge in [0.25, 0.3) is 0 Å². The second-order valence-corrected chi connectivity index (χ2v) is 4.29. The molecule has 1 aromatic carbocycles. The second-order valence-electron chi connectivity index (χ2n) is 4.29. The highest BCUT2D eigenvalue weighted by Gasteiger charge is 2.13. The summed E-state index contributed by atoms with van der Waals surface area (Å²) in [6.45, 7) is 0.498. The first-order chi connectivity index (χ1) is 8.93. The van der Waals surface area contributed by atoms with Gasteiger partial charge in [-0.3, -0.25) is 0 Å². The van der Waals surface area contributed by atoms with Crippen molar-refractivity contribution in [3.8, 4) is 0 Å². The highest BCUT2D eigenvalue weighted by molar-refractivity contribution is 6.16. The summed E-state index contributed by atoms with van der Waals surface area (Å²) in [5, 5.41) is 3.32. The van der Waals surface area contributed by atoms with Crippen LogP contribution in [0.2, 0.25) is 0 Å². The molecule has 1 N–H and O–H groups in total. The van der Waals surface area contributed by atoms with Crippen LogP contribution in [0.1, 0.15) is 18.4 Å². The van der Waals surface area contributed by atoms with Crippen molar-refractivity contribution in [1.29, 1.82) is 0 Å². The fraction of sp³-hybridized carbons (Fsp3) is 0.200. The highest BCUT2D eigenvalue weighted by atomic mass is 15.2. The Bertz CT molecular complexity index is 550. The van der Waals surface area contributed by atoms with Gasteiger partial charge in [-0.15, -0.1) is 0 Å². The van der Waals surface area contributed by atoms with Crippen molar-refractivity contribution >= 4 is 11.7 Å². The van der Waals surface area contributed by atoms with Crippen LogP contribution in [0, 0.1) is 0 Å². The van der Waals surface area contributed by atoms with Crippen molar-refractivity contribution in [2.75, 3.05) is 6.67 Å². The number of rotatable bonds is 2. The van der Waals surface area contributed by atoms with E-state index in [4.69, 9.17) is 0 Å². The van der Waals surface area contributed by atoms with Crippen molar-refractivity contribution in [3.05, 3.63) is 59.7 Å². The number of allylic oxidation sites excluding steroid dienone is 2. The lowest BCUT2D eigenvalue weighted by Gasteiger charge is -2.18. The molecular formula is C15H15N3. The van der Waals surface area contributed by atoms with Crippen LogP contribution in [0.3, 0.4) is 0 Å². The minimum Gasteiger partial charge on any atom is -0.324 e. The summed E-state index contributed by atoms with van der Waals surface area (Å²) < 4.78 is 0. The summed E-state index contributed by atoms with van der Waals surface area (Å²) in [6.07, 6.45) is 8.75. The van der Waals surface area contributed by atoms with Crippen molar-refractivity contribution in [2.24, 2.45) is 9.98 Å². The van der Waals surface area contributed by atoms with Crippen molar-refractivity contribution < 1.29 is 0 Å². The van der Waals surface area contributed by atoms with Gasteiger partial charge < -0.3 is 5.32 Å². The van der Waals surface area contributed by atoms with E-state index < -0.39 is 0 Å². The van der Waals surface area contributed by atoms with Gasteiger partial charge in [0.15, 0.2) is 0 Å². The molecule has 1 aliphatic heterocycles. The van der Waals surface area contributed by atoms with Crippen LogP contribution in [-0.4, -0.2) is 18.3 Å². The first-order valence-electron chi connectivity index (χ1n) is 6.22. The molecule has 0 aromatic heterocycles. The molecule has 18 heavy (non-hydrogen) atoms. The molecular weight excluding hydrogens is 222 g/mol. The van der Waals surface area contributed by atoms with Crippen molar-refractivity contribution in [3.63, 3.8) is 0 Å². The van der Waals surface area contributed by atoms with E-state index in [1.807, 2.05) is 18.2 Å². The van der Waals surface area contributed by atoms with E-state index in [2.05, 4.69) is 45.7 Å². The molecule has 3 rings (SSSR count). The Kier molecular flexibility index (Phi) is 3.05. The molecule has 0 saturated carbocycles. The van der Waals surface area contributed by atoms with E-state index >= 15 is 0 Å². The topological polar surface area (TPSA) is 36.8 Å². The van der Waals surface area contributed by atoms with Gasteiger partial charge >= 0.3 is 0 Å². The number of nitrogens with one attached hydrogen (secondary N) is 1. The molecule has 0 radical (unpaired) electrons. The maximum absolute atomic E-state index is 4.43. The van der Waals surface area contributed by atoms with Crippen LogP contribution in [-0.2, 0) is 0 Å². The molecule has 0 saturated heterocycles. The fourth-order valence-corrected chi connectivity index (χ4v) is 2.08. The first-order valence-corrected chi connectivity index (χ1v) is 6.22. The Labute approximate surface area is 107 Å². The van der Waals surface area contributed by atoms with E-state index in [0.717, 1.165) is 30.1 Å². The van der Waals surface area contributed by atoms with Crippen molar-refractivity contribution in [1.82, 2.24) is 5.32 Å². The lowest BCUT2D eigenvalue weighted by Crippen LogP contribution is -2.35. The molecule has 2 aliphatic rings. The van der Waals surface area contributed by atoms with Crippen LogP contribution in [0.5, 0.6) is 0 Å². The first kappa shape index (κ1) is 11.0. The molecule has 90 valence electrons. The Morgan fingerprint density at radius 2 is 1.78 bits per heavy atom. The number of benzene rings is 1. The predicted octanol–water partition coefficient (Wildman–Crippen LogP) is 2.67. The van der Waals surface area contributed by atoms with Gasteiger partial charge in [-0.25, -0.2) is 9.98 Å². The Morgan fingerprint density at radius 3 is 2.56 bits per heavy atom. The molecule has 3 heteroatoms. The van der Waals surface area contributed by atoms with Crippen molar-refractivity contribution in [2.45, 2.75) is 12.8 Å². The molecule has 3 nitrogen and oxygen atoms in total. The molecule has 0 bridgehead atoms. The molecule has 0 unspecified atom stereocenters. The SMILES string of the molecule is C1=CC(C2=NCN=C(c3ccccc3)N2)=CCC1. The number of hydrogen-bond donors (Lipinski definition) is 1. The molecule has 0 amide bonds. The normalized spacial score (nSPS) is 18.6. The van der Waals surface area contributed by atoms with Gasteiger partial charge in [0, 0.05) is 11.1 Å². The quantitative estimate of drug-likeness (QED) is 0.843. The van der Waals surface area contributed by atoms with Crippen LogP contribution in [0.25, 0.3) is 0 Å². The number of nitrogens with zero attached hydrogens (tertiary/aromatic N) is 2. The van der Waals surface area contributed by atoms with Gasteiger partial charge in [-0.1, -0.05) is 48.6 Å². The van der Waals surface area contributed by atoms with Gasteiger partial charge in [-0.05, 0) is 12.8 Å². The Morgan fingerprint density at radius 1 is 0.944 bits per heavy atom. The molecule has 1 heterocycles. The summed E-state index contributed by atoms with van der Waals surface area (Å²) in [6, 6.07) is 10.2. The minimum absolute atomic E-state index is 0.498. The van der Waals surface area contributed by atoms with E-state index in [-0.39, 0.29) is 0 Å². The summed E-state index contributed by atoms with van der Waals surface area (Å²) >= 11 is 0. The largest absolute Gasteiger partial charge is 0.324 e. The number of aliphatic imine (C=N–C) groups is 2. The van der Waals surface area contributed by atoms with Gasteiger partial charge in [0.2, 0.25) is 0 Å². The van der Waals surface area contributed by atoms with E-state index in [9.17, 15) is 0 Å². The zero-order chi connectivity index (χ0) is 12.2. The van der Waals surface area contributed by atoms with E-state index in [1.54, 1.807) is 0 Å². The lowest BCUT2D eigenvalue weighted by atomic mass is 10.1. The maximum atomic E-state index is 4.43. The summed E-state index contributed by atoms with van der Waals surface area (Å²) in [4.78, 5) is 8.84. The third kappa shape index (κ3) is 2.25. The zero-order valence-corrected chi connectivity index (χ0v) is 10.1. The smallest absolute Gasteiger partial charge is 0.135 e. The van der Waals surface area contributed by atoms with Crippen LogP contribution < -0.4 is 5.32 Å². The summed E-state index contributed by atoms with van der Waals surface area (Å²) in [7, 11) is 0. The highest BCUT2D eigenvalue weighted by Crippen LogP contribution is 2.13. The number of amidine groups is 2. The second kappa shape index (κ2) is 5.00. The van der Waals surface area contributed by atoms with E-state index in [0.29, 0.717) is 6.67 Å². The lowest BCUT2D eigenvalue weighted by molar-refractivity contribution is 0.987. The van der Waals surface area contributed by atoms with Crippen LogP contribution in [0.4, 0.5) is 0 Å². The maximum Gasteiger partial charge on any atom is 0.135 e. The van der Waals surface area contributed by atoms with Gasteiger partial charge in [0.05, 0.1) is 0 Å². The van der Waals surface area contributed by atoms with Gasteiger partial charge in [-0.2, -0.15) is 0 Å². The van der Waals surface area contributed by atoms with Crippen LogP contribution in [0.15, 0.2) is 64.1 Å². The molecule has 0 fully saturated rings. The number of hydrogen-bond acceptors (Lipinski definition) is 3. The van der Waals surface area contributed by atoms with Crippen LogP contribution >= 0.6 is 0 Å². The van der Waals surface area contributed by atoms with Gasteiger partial charge in [0.1, 0.15) is 18.3 Å². The molecule has 1 aromatic rings. The predicted molar refractivity (Wildman–Crippen MR) is 74.9 cm³/mol. The average molecular weight is 237 g/mol. The van der Waals surface area contributed by atoms with E-state index in [1.165, 1.54) is 5.57 Å².